The lowest BCUT2D eigenvalue weighted by molar-refractivity contribution is 0.284. The predicted molar refractivity (Wildman–Crippen MR) is 64.6 cm³/mol. The molecular weight excluding hydrogens is 233 g/mol. The first-order valence-electron chi connectivity index (χ1n) is 4.94. The summed E-state index contributed by atoms with van der Waals surface area (Å²) in [5.74, 6) is 0. The third-order valence-corrected chi connectivity index (χ3v) is 2.79. The summed E-state index contributed by atoms with van der Waals surface area (Å²) < 4.78 is 0. The van der Waals surface area contributed by atoms with E-state index >= 15 is 0 Å². The van der Waals surface area contributed by atoms with Crippen LogP contribution in [0.3, 0.4) is 0 Å². The van der Waals surface area contributed by atoms with Crippen molar-refractivity contribution in [3.63, 3.8) is 0 Å². The maximum atomic E-state index is 8.66. The molecule has 0 bridgehead atoms. The zero-order valence-electron chi connectivity index (χ0n) is 8.63. The van der Waals surface area contributed by atoms with Crippen LogP contribution >= 0.6 is 23.2 Å². The second kappa shape index (κ2) is 6.33. The van der Waals surface area contributed by atoms with Gasteiger partial charge in [-0.25, -0.2) is 0 Å². The van der Waals surface area contributed by atoms with Crippen molar-refractivity contribution >= 4 is 23.2 Å². The molecule has 0 fully saturated rings. The van der Waals surface area contributed by atoms with E-state index in [0.29, 0.717) is 10.0 Å². The Bertz CT molecular complexity index is 317. The highest BCUT2D eigenvalue weighted by atomic mass is 35.5. The van der Waals surface area contributed by atoms with Gasteiger partial charge in [0.15, 0.2) is 0 Å². The van der Waals surface area contributed by atoms with Gasteiger partial charge in [0.2, 0.25) is 0 Å². The van der Waals surface area contributed by atoms with Crippen molar-refractivity contribution in [2.75, 3.05) is 13.2 Å². The van der Waals surface area contributed by atoms with Crippen LogP contribution in [0.15, 0.2) is 18.2 Å². The van der Waals surface area contributed by atoms with E-state index in [2.05, 4.69) is 5.32 Å². The molecule has 0 radical (unpaired) electrons. The molecule has 0 aliphatic carbocycles. The van der Waals surface area contributed by atoms with Gasteiger partial charge in [0.1, 0.15) is 0 Å². The van der Waals surface area contributed by atoms with Crippen LogP contribution < -0.4 is 5.32 Å². The van der Waals surface area contributed by atoms with Gasteiger partial charge in [-0.2, -0.15) is 0 Å². The van der Waals surface area contributed by atoms with Crippen LogP contribution in [0.1, 0.15) is 24.9 Å². The maximum absolute atomic E-state index is 8.66. The van der Waals surface area contributed by atoms with Gasteiger partial charge in [-0.1, -0.05) is 23.2 Å². The molecule has 84 valence electrons. The second-order valence-electron chi connectivity index (χ2n) is 3.42. The molecule has 0 aliphatic rings. The van der Waals surface area contributed by atoms with Gasteiger partial charge in [-0.05, 0) is 43.7 Å². The van der Waals surface area contributed by atoms with Crippen molar-refractivity contribution in [2.45, 2.75) is 19.4 Å². The minimum Gasteiger partial charge on any atom is -0.396 e. The van der Waals surface area contributed by atoms with E-state index in [4.69, 9.17) is 28.3 Å². The third kappa shape index (κ3) is 3.99. The highest BCUT2D eigenvalue weighted by Crippen LogP contribution is 2.25. The van der Waals surface area contributed by atoms with E-state index in [9.17, 15) is 0 Å². The molecule has 0 saturated heterocycles. The number of aliphatic hydroxyl groups excluding tert-OH is 1. The average molecular weight is 248 g/mol. The normalized spacial score (nSPS) is 12.8. The number of hydrogen-bond donors (Lipinski definition) is 2. The van der Waals surface area contributed by atoms with E-state index in [1.54, 1.807) is 12.1 Å². The van der Waals surface area contributed by atoms with Crippen molar-refractivity contribution in [3.8, 4) is 0 Å². The van der Waals surface area contributed by atoms with Crippen molar-refractivity contribution in [1.29, 1.82) is 0 Å². The Kier molecular flexibility index (Phi) is 5.40. The standard InChI is InChI=1S/C11H15Cl2NO/c1-8(14-5-2-6-15)10-7-9(12)3-4-11(10)13/h3-4,7-8,14-15H,2,5-6H2,1H3/t8-/m1/s1. The predicted octanol–water partition coefficient (Wildman–Crippen LogP) is 3.03. The summed E-state index contributed by atoms with van der Waals surface area (Å²) in [6.07, 6.45) is 0.739. The number of nitrogens with one attached hydrogen (secondary N) is 1. The molecule has 0 aliphatic heterocycles. The number of halogens is 2. The molecule has 0 spiro atoms. The average Bonchev–Trinajstić information content (AvgIpc) is 2.22. The zero-order chi connectivity index (χ0) is 11.3. The molecule has 2 N–H and O–H groups in total. The number of aliphatic hydroxyl groups is 1. The molecule has 0 unspecified atom stereocenters. The van der Waals surface area contributed by atoms with Crippen molar-refractivity contribution in [2.24, 2.45) is 0 Å². The number of rotatable bonds is 5. The summed E-state index contributed by atoms with van der Waals surface area (Å²) in [6.45, 7) is 2.98. The van der Waals surface area contributed by atoms with E-state index < -0.39 is 0 Å². The first kappa shape index (κ1) is 12.8. The van der Waals surface area contributed by atoms with E-state index in [-0.39, 0.29) is 12.6 Å². The van der Waals surface area contributed by atoms with Gasteiger partial charge in [-0.15, -0.1) is 0 Å². The molecule has 2 nitrogen and oxygen atoms in total. The molecule has 15 heavy (non-hydrogen) atoms. The lowest BCUT2D eigenvalue weighted by atomic mass is 10.1. The Hall–Kier alpha value is -0.280. The van der Waals surface area contributed by atoms with Crippen molar-refractivity contribution in [1.82, 2.24) is 5.32 Å². The van der Waals surface area contributed by atoms with Gasteiger partial charge < -0.3 is 10.4 Å². The van der Waals surface area contributed by atoms with E-state index in [0.717, 1.165) is 18.5 Å². The molecule has 1 aromatic rings. The Morgan fingerprint density at radius 1 is 1.40 bits per heavy atom. The fraction of sp³-hybridized carbons (Fsp3) is 0.455. The van der Waals surface area contributed by atoms with Crippen LogP contribution in [0.25, 0.3) is 0 Å². The molecule has 1 atom stereocenters. The summed E-state index contributed by atoms with van der Waals surface area (Å²) in [6, 6.07) is 5.57. The summed E-state index contributed by atoms with van der Waals surface area (Å²) in [4.78, 5) is 0. The molecule has 1 aromatic carbocycles. The SMILES string of the molecule is C[C@@H](NCCCO)c1cc(Cl)ccc1Cl. The summed E-state index contributed by atoms with van der Waals surface area (Å²) in [5.41, 5.74) is 0.988. The highest BCUT2D eigenvalue weighted by Gasteiger charge is 2.09. The number of hydrogen-bond acceptors (Lipinski definition) is 2. The Labute approximate surface area is 100 Å². The van der Waals surface area contributed by atoms with E-state index in [1.165, 1.54) is 0 Å². The van der Waals surface area contributed by atoms with Crippen LogP contribution in [0, 0.1) is 0 Å². The quantitative estimate of drug-likeness (QED) is 0.785. The first-order valence-corrected chi connectivity index (χ1v) is 5.70. The van der Waals surface area contributed by atoms with Crippen LogP contribution in [0.5, 0.6) is 0 Å². The highest BCUT2D eigenvalue weighted by molar-refractivity contribution is 6.33. The monoisotopic (exact) mass is 247 g/mol. The lowest BCUT2D eigenvalue weighted by Gasteiger charge is -2.15. The fourth-order valence-electron chi connectivity index (χ4n) is 1.35. The molecule has 0 saturated carbocycles. The van der Waals surface area contributed by atoms with Crippen LogP contribution in [0.2, 0.25) is 10.0 Å². The topological polar surface area (TPSA) is 32.3 Å². The Morgan fingerprint density at radius 3 is 2.80 bits per heavy atom. The zero-order valence-corrected chi connectivity index (χ0v) is 10.1. The molecule has 4 heteroatoms. The molecule has 0 amide bonds. The van der Waals surface area contributed by atoms with Gasteiger partial charge in [-0.3, -0.25) is 0 Å². The largest absolute Gasteiger partial charge is 0.396 e. The van der Waals surface area contributed by atoms with Gasteiger partial charge in [0.05, 0.1) is 0 Å². The van der Waals surface area contributed by atoms with Gasteiger partial charge in [0.25, 0.3) is 0 Å². The van der Waals surface area contributed by atoms with Crippen molar-refractivity contribution in [3.05, 3.63) is 33.8 Å². The smallest absolute Gasteiger partial charge is 0.0454 e. The lowest BCUT2D eigenvalue weighted by Crippen LogP contribution is -2.20. The molecular formula is C11H15Cl2NO. The first-order chi connectivity index (χ1) is 7.15. The number of benzene rings is 1. The maximum Gasteiger partial charge on any atom is 0.0454 e. The Morgan fingerprint density at radius 2 is 2.13 bits per heavy atom. The summed E-state index contributed by atoms with van der Waals surface area (Å²) >= 11 is 12.0. The van der Waals surface area contributed by atoms with E-state index in [1.807, 2.05) is 13.0 Å². The van der Waals surface area contributed by atoms with Gasteiger partial charge >= 0.3 is 0 Å². The Balaban J connectivity index is 2.64. The second-order valence-corrected chi connectivity index (χ2v) is 4.26. The summed E-state index contributed by atoms with van der Waals surface area (Å²) in [7, 11) is 0. The molecule has 0 heterocycles. The van der Waals surface area contributed by atoms with Gasteiger partial charge in [0, 0.05) is 22.7 Å². The van der Waals surface area contributed by atoms with Crippen molar-refractivity contribution < 1.29 is 5.11 Å². The molecule has 0 aromatic heterocycles. The minimum absolute atomic E-state index is 0.141. The summed E-state index contributed by atoms with van der Waals surface area (Å²) in [5, 5.41) is 13.3. The fourth-order valence-corrected chi connectivity index (χ4v) is 1.82. The minimum atomic E-state index is 0.141. The van der Waals surface area contributed by atoms with Crippen LogP contribution in [0.4, 0.5) is 0 Å². The molecule has 1 rings (SSSR count). The van der Waals surface area contributed by atoms with Crippen LogP contribution in [-0.2, 0) is 0 Å². The van der Waals surface area contributed by atoms with Crippen LogP contribution in [-0.4, -0.2) is 18.3 Å². The third-order valence-electron chi connectivity index (χ3n) is 2.21.